The Morgan fingerprint density at radius 2 is 1.50 bits per heavy atom. The smallest absolute Gasteiger partial charge is 0.240 e. The van der Waals surface area contributed by atoms with Gasteiger partial charge in [-0.2, -0.15) is 8.78 Å². The molecular formula is C7H11F4N. The molecule has 0 amide bonds. The van der Waals surface area contributed by atoms with E-state index in [-0.39, 0.29) is 13.1 Å². The Labute approximate surface area is 68.3 Å². The first kappa shape index (κ1) is 9.77. The second-order valence-electron chi connectivity index (χ2n) is 2.94. The molecule has 12 heavy (non-hydrogen) atoms. The first-order valence-corrected chi connectivity index (χ1v) is 3.96. The summed E-state index contributed by atoms with van der Waals surface area (Å²) >= 11 is 0. The fourth-order valence-corrected chi connectivity index (χ4v) is 1.33. The van der Waals surface area contributed by atoms with E-state index in [2.05, 4.69) is 0 Å². The summed E-state index contributed by atoms with van der Waals surface area (Å²) < 4.78 is 48.8. The number of alkyl halides is 4. The number of likely N-dealkylation sites (tertiary alicyclic amines) is 1. The number of rotatable bonds is 2. The number of piperidine rings is 1. The first-order chi connectivity index (χ1) is 5.55. The molecule has 1 aliphatic rings. The van der Waals surface area contributed by atoms with Crippen molar-refractivity contribution < 1.29 is 17.6 Å². The standard InChI is InChI=1S/C7H11F4N/c8-6(9)7(10,11)12-4-2-1-3-5-12/h6H,1-5H2. The summed E-state index contributed by atoms with van der Waals surface area (Å²) in [5.41, 5.74) is 0. The van der Waals surface area contributed by atoms with Crippen LogP contribution in [0.3, 0.4) is 0 Å². The minimum Gasteiger partial charge on any atom is -0.240 e. The van der Waals surface area contributed by atoms with Crippen molar-refractivity contribution >= 4 is 0 Å². The van der Waals surface area contributed by atoms with Gasteiger partial charge in [-0.3, -0.25) is 0 Å². The van der Waals surface area contributed by atoms with E-state index in [9.17, 15) is 17.6 Å². The molecule has 1 fully saturated rings. The van der Waals surface area contributed by atoms with Gasteiger partial charge in [-0.25, -0.2) is 13.7 Å². The van der Waals surface area contributed by atoms with Crippen LogP contribution in [0.5, 0.6) is 0 Å². The molecule has 1 saturated heterocycles. The van der Waals surface area contributed by atoms with Crippen molar-refractivity contribution in [2.24, 2.45) is 0 Å². The molecule has 1 aliphatic heterocycles. The first-order valence-electron chi connectivity index (χ1n) is 3.96. The molecule has 1 rings (SSSR count). The quantitative estimate of drug-likeness (QED) is 0.471. The van der Waals surface area contributed by atoms with Crippen LogP contribution in [0.1, 0.15) is 19.3 Å². The van der Waals surface area contributed by atoms with Crippen LogP contribution < -0.4 is 0 Å². The Kier molecular flexibility index (Phi) is 2.93. The van der Waals surface area contributed by atoms with Crippen LogP contribution >= 0.6 is 0 Å². The van der Waals surface area contributed by atoms with Crippen molar-refractivity contribution in [1.82, 2.24) is 4.90 Å². The zero-order valence-electron chi connectivity index (χ0n) is 6.57. The van der Waals surface area contributed by atoms with Crippen molar-refractivity contribution in [3.8, 4) is 0 Å². The van der Waals surface area contributed by atoms with E-state index in [1.165, 1.54) is 0 Å². The highest BCUT2D eigenvalue weighted by Gasteiger charge is 2.46. The molecule has 0 aromatic rings. The van der Waals surface area contributed by atoms with E-state index in [0.29, 0.717) is 17.7 Å². The molecule has 0 radical (unpaired) electrons. The average molecular weight is 185 g/mol. The monoisotopic (exact) mass is 185 g/mol. The van der Waals surface area contributed by atoms with Crippen LogP contribution in [-0.2, 0) is 0 Å². The van der Waals surface area contributed by atoms with Crippen molar-refractivity contribution in [2.75, 3.05) is 13.1 Å². The van der Waals surface area contributed by atoms with Gasteiger partial charge in [0.15, 0.2) is 0 Å². The van der Waals surface area contributed by atoms with Crippen molar-refractivity contribution in [1.29, 1.82) is 0 Å². The van der Waals surface area contributed by atoms with E-state index < -0.39 is 12.5 Å². The van der Waals surface area contributed by atoms with E-state index in [1.54, 1.807) is 0 Å². The number of hydrogen-bond donors (Lipinski definition) is 0. The molecule has 0 aliphatic carbocycles. The molecule has 0 spiro atoms. The molecule has 0 bridgehead atoms. The summed E-state index contributed by atoms with van der Waals surface area (Å²) in [5, 5.41) is 0. The van der Waals surface area contributed by atoms with Gasteiger partial charge in [-0.1, -0.05) is 6.42 Å². The summed E-state index contributed by atoms with van der Waals surface area (Å²) in [4.78, 5) is 0.571. The maximum Gasteiger partial charge on any atom is 0.364 e. The largest absolute Gasteiger partial charge is 0.364 e. The van der Waals surface area contributed by atoms with Crippen LogP contribution in [0.2, 0.25) is 0 Å². The van der Waals surface area contributed by atoms with Crippen LogP contribution in [0.4, 0.5) is 17.6 Å². The van der Waals surface area contributed by atoms with Crippen LogP contribution in [0.15, 0.2) is 0 Å². The lowest BCUT2D eigenvalue weighted by Crippen LogP contribution is -2.49. The van der Waals surface area contributed by atoms with Crippen LogP contribution in [-0.4, -0.2) is 30.5 Å². The third kappa shape index (κ3) is 1.88. The molecule has 0 unspecified atom stereocenters. The Balaban J connectivity index is 2.53. The number of nitrogens with zero attached hydrogens (tertiary/aromatic N) is 1. The lowest BCUT2D eigenvalue weighted by molar-refractivity contribution is -0.231. The number of halogens is 4. The molecule has 0 N–H and O–H groups in total. The topological polar surface area (TPSA) is 3.24 Å². The predicted molar refractivity (Wildman–Crippen MR) is 36.4 cm³/mol. The van der Waals surface area contributed by atoms with Crippen molar-refractivity contribution in [3.63, 3.8) is 0 Å². The van der Waals surface area contributed by atoms with Gasteiger partial charge >= 0.3 is 12.5 Å². The molecule has 0 saturated carbocycles. The highest BCUT2D eigenvalue weighted by Crippen LogP contribution is 2.29. The zero-order valence-corrected chi connectivity index (χ0v) is 6.57. The Morgan fingerprint density at radius 1 is 1.00 bits per heavy atom. The Hall–Kier alpha value is -0.320. The second kappa shape index (κ2) is 3.60. The summed E-state index contributed by atoms with van der Waals surface area (Å²) in [6.07, 6.45) is -1.55. The van der Waals surface area contributed by atoms with Crippen LogP contribution in [0, 0.1) is 0 Å². The van der Waals surface area contributed by atoms with E-state index in [1.807, 2.05) is 0 Å². The second-order valence-corrected chi connectivity index (χ2v) is 2.94. The molecule has 1 nitrogen and oxygen atoms in total. The fourth-order valence-electron chi connectivity index (χ4n) is 1.33. The Bertz CT molecular complexity index is 142. The van der Waals surface area contributed by atoms with E-state index in [0.717, 1.165) is 6.42 Å². The molecule has 1 heterocycles. The van der Waals surface area contributed by atoms with Gasteiger partial charge in [-0.05, 0) is 12.8 Å². The SMILES string of the molecule is FC(F)C(F)(F)N1CCCCC1. The molecule has 0 aromatic heterocycles. The van der Waals surface area contributed by atoms with Gasteiger partial charge in [0.1, 0.15) is 0 Å². The molecule has 5 heteroatoms. The zero-order chi connectivity index (χ0) is 9.19. The van der Waals surface area contributed by atoms with Crippen molar-refractivity contribution in [2.45, 2.75) is 31.7 Å². The summed E-state index contributed by atoms with van der Waals surface area (Å²) in [6, 6.07) is -3.93. The van der Waals surface area contributed by atoms with Crippen LogP contribution in [0.25, 0.3) is 0 Å². The summed E-state index contributed by atoms with van der Waals surface area (Å²) in [6.45, 7) is 0.161. The highest BCUT2D eigenvalue weighted by molar-refractivity contribution is 4.75. The fraction of sp³-hybridized carbons (Fsp3) is 1.00. The van der Waals surface area contributed by atoms with Gasteiger partial charge in [0.25, 0.3) is 0 Å². The summed E-state index contributed by atoms with van der Waals surface area (Å²) in [5.74, 6) is 0. The lowest BCUT2D eigenvalue weighted by Gasteiger charge is -2.33. The van der Waals surface area contributed by atoms with Gasteiger partial charge in [0.05, 0.1) is 0 Å². The maximum absolute atomic E-state index is 12.6. The normalized spacial score (nSPS) is 21.8. The third-order valence-corrected chi connectivity index (χ3v) is 2.04. The van der Waals surface area contributed by atoms with Gasteiger partial charge < -0.3 is 0 Å². The lowest BCUT2D eigenvalue weighted by atomic mass is 10.1. The summed E-state index contributed by atoms with van der Waals surface area (Å²) in [7, 11) is 0. The molecular weight excluding hydrogens is 174 g/mol. The molecule has 0 aromatic carbocycles. The highest BCUT2D eigenvalue weighted by atomic mass is 19.3. The predicted octanol–water partition coefficient (Wildman–Crippen LogP) is 2.33. The van der Waals surface area contributed by atoms with Gasteiger partial charge in [0.2, 0.25) is 0 Å². The average Bonchev–Trinajstić information content (AvgIpc) is 2.06. The van der Waals surface area contributed by atoms with Gasteiger partial charge in [0, 0.05) is 13.1 Å². The molecule has 72 valence electrons. The Morgan fingerprint density at radius 3 is 1.92 bits per heavy atom. The minimum atomic E-state index is -3.93. The number of hydrogen-bond acceptors (Lipinski definition) is 1. The van der Waals surface area contributed by atoms with Crippen molar-refractivity contribution in [3.05, 3.63) is 0 Å². The molecule has 0 atom stereocenters. The minimum absolute atomic E-state index is 0.0807. The van der Waals surface area contributed by atoms with E-state index in [4.69, 9.17) is 0 Å². The maximum atomic E-state index is 12.6. The third-order valence-electron chi connectivity index (χ3n) is 2.04. The van der Waals surface area contributed by atoms with Gasteiger partial charge in [-0.15, -0.1) is 0 Å². The van der Waals surface area contributed by atoms with E-state index >= 15 is 0 Å².